The standard InChI is InChI=1S/C17H14N2OS2/c20-16-15(12-14-8-4-5-10-18-14)22-17(21)19(16)11-9-13-6-2-1-3-7-13/h1-8,10,12H,9,11H2/b15-12+. The quantitative estimate of drug-likeness (QED) is 0.636. The minimum absolute atomic E-state index is 0.0309. The summed E-state index contributed by atoms with van der Waals surface area (Å²) in [5.41, 5.74) is 1.97. The lowest BCUT2D eigenvalue weighted by atomic mass is 10.1. The van der Waals surface area contributed by atoms with Gasteiger partial charge in [0.1, 0.15) is 4.32 Å². The normalized spacial score (nSPS) is 16.5. The highest BCUT2D eigenvalue weighted by atomic mass is 32.2. The molecule has 2 aromatic rings. The molecule has 1 aromatic heterocycles. The molecule has 5 heteroatoms. The molecule has 110 valence electrons. The van der Waals surface area contributed by atoms with Gasteiger partial charge in [-0.25, -0.2) is 0 Å². The maximum Gasteiger partial charge on any atom is 0.266 e. The molecule has 3 nitrogen and oxygen atoms in total. The minimum atomic E-state index is -0.0309. The van der Waals surface area contributed by atoms with Crippen LogP contribution in [0, 0.1) is 0 Å². The molecule has 2 heterocycles. The van der Waals surface area contributed by atoms with E-state index in [2.05, 4.69) is 17.1 Å². The van der Waals surface area contributed by atoms with Gasteiger partial charge in [-0.15, -0.1) is 0 Å². The van der Waals surface area contributed by atoms with E-state index in [4.69, 9.17) is 12.2 Å². The Morgan fingerprint density at radius 2 is 1.91 bits per heavy atom. The average molecular weight is 326 g/mol. The molecule has 1 amide bonds. The molecular weight excluding hydrogens is 312 g/mol. The van der Waals surface area contributed by atoms with Gasteiger partial charge in [0.2, 0.25) is 0 Å². The topological polar surface area (TPSA) is 33.2 Å². The second-order valence-corrected chi connectivity index (χ2v) is 6.50. The highest BCUT2D eigenvalue weighted by Crippen LogP contribution is 2.32. The van der Waals surface area contributed by atoms with E-state index in [1.165, 1.54) is 17.3 Å². The number of amides is 1. The number of hydrogen-bond donors (Lipinski definition) is 0. The van der Waals surface area contributed by atoms with Crippen molar-refractivity contribution in [3.63, 3.8) is 0 Å². The molecule has 1 fully saturated rings. The molecule has 0 bridgehead atoms. The number of carbonyl (C=O) groups excluding carboxylic acids is 1. The third-order valence-electron chi connectivity index (χ3n) is 3.31. The predicted molar refractivity (Wildman–Crippen MR) is 94.3 cm³/mol. The zero-order chi connectivity index (χ0) is 15.4. The first-order valence-corrected chi connectivity index (χ1v) is 8.17. The van der Waals surface area contributed by atoms with Gasteiger partial charge >= 0.3 is 0 Å². The lowest BCUT2D eigenvalue weighted by Gasteiger charge is -2.14. The fourth-order valence-corrected chi connectivity index (χ4v) is 3.47. The fourth-order valence-electron chi connectivity index (χ4n) is 2.17. The molecule has 0 atom stereocenters. The molecule has 0 N–H and O–H groups in total. The smallest absolute Gasteiger partial charge is 0.266 e. The van der Waals surface area contributed by atoms with Crippen molar-refractivity contribution in [1.82, 2.24) is 9.88 Å². The summed E-state index contributed by atoms with van der Waals surface area (Å²) in [5, 5.41) is 0. The molecule has 0 aliphatic carbocycles. The molecule has 1 aliphatic rings. The second-order valence-electron chi connectivity index (χ2n) is 4.82. The number of benzene rings is 1. The van der Waals surface area contributed by atoms with Crippen molar-refractivity contribution in [3.05, 3.63) is 70.9 Å². The van der Waals surface area contributed by atoms with Gasteiger partial charge in [-0.2, -0.15) is 0 Å². The first-order chi connectivity index (χ1) is 10.7. The first kappa shape index (κ1) is 14.9. The van der Waals surface area contributed by atoms with Gasteiger partial charge in [0, 0.05) is 12.7 Å². The van der Waals surface area contributed by atoms with Crippen LogP contribution in [0.4, 0.5) is 0 Å². The Bertz CT molecular complexity index is 714. The monoisotopic (exact) mass is 326 g/mol. The van der Waals surface area contributed by atoms with Crippen LogP contribution in [-0.4, -0.2) is 26.7 Å². The van der Waals surface area contributed by atoms with Gasteiger partial charge < -0.3 is 0 Å². The second kappa shape index (κ2) is 6.85. The summed E-state index contributed by atoms with van der Waals surface area (Å²) >= 11 is 6.67. The summed E-state index contributed by atoms with van der Waals surface area (Å²) < 4.78 is 0.614. The highest BCUT2D eigenvalue weighted by Gasteiger charge is 2.31. The molecule has 0 spiro atoms. The average Bonchev–Trinajstić information content (AvgIpc) is 2.81. The van der Waals surface area contributed by atoms with Crippen LogP contribution < -0.4 is 0 Å². The number of thiocarbonyl (C=S) groups is 1. The predicted octanol–water partition coefficient (Wildman–Crippen LogP) is 3.53. The molecule has 1 saturated heterocycles. The van der Waals surface area contributed by atoms with Crippen molar-refractivity contribution in [1.29, 1.82) is 0 Å². The number of aromatic nitrogens is 1. The Morgan fingerprint density at radius 3 is 2.64 bits per heavy atom. The van der Waals surface area contributed by atoms with Gasteiger partial charge in [0.25, 0.3) is 5.91 Å². The largest absolute Gasteiger partial charge is 0.293 e. The van der Waals surface area contributed by atoms with Crippen molar-refractivity contribution < 1.29 is 4.79 Å². The van der Waals surface area contributed by atoms with E-state index in [1.807, 2.05) is 36.4 Å². The van der Waals surface area contributed by atoms with Gasteiger partial charge in [0.05, 0.1) is 10.6 Å². The molecular formula is C17H14N2OS2. The Morgan fingerprint density at radius 1 is 1.14 bits per heavy atom. The minimum Gasteiger partial charge on any atom is -0.293 e. The van der Waals surface area contributed by atoms with Gasteiger partial charge in [-0.3, -0.25) is 14.7 Å². The molecule has 1 aromatic carbocycles. The Kier molecular flexibility index (Phi) is 4.65. The third kappa shape index (κ3) is 3.43. The highest BCUT2D eigenvalue weighted by molar-refractivity contribution is 8.26. The van der Waals surface area contributed by atoms with Crippen LogP contribution in [0.5, 0.6) is 0 Å². The van der Waals surface area contributed by atoms with Gasteiger partial charge in [0.15, 0.2) is 0 Å². The lowest BCUT2D eigenvalue weighted by molar-refractivity contribution is -0.122. The van der Waals surface area contributed by atoms with Gasteiger partial charge in [-0.1, -0.05) is 60.4 Å². The maximum atomic E-state index is 12.5. The summed E-state index contributed by atoms with van der Waals surface area (Å²) in [6, 6.07) is 15.7. The first-order valence-electron chi connectivity index (χ1n) is 6.94. The van der Waals surface area contributed by atoms with E-state index in [9.17, 15) is 4.79 Å². The van der Waals surface area contributed by atoms with Crippen LogP contribution in [-0.2, 0) is 11.2 Å². The molecule has 1 aliphatic heterocycles. The zero-order valence-electron chi connectivity index (χ0n) is 11.8. The number of pyridine rings is 1. The lowest BCUT2D eigenvalue weighted by Crippen LogP contribution is -2.30. The van der Waals surface area contributed by atoms with E-state index in [1.54, 1.807) is 17.2 Å². The van der Waals surface area contributed by atoms with Crippen LogP contribution in [0.2, 0.25) is 0 Å². The van der Waals surface area contributed by atoms with Crippen LogP contribution >= 0.6 is 24.0 Å². The van der Waals surface area contributed by atoms with Crippen molar-refractivity contribution in [2.45, 2.75) is 6.42 Å². The van der Waals surface area contributed by atoms with Crippen molar-refractivity contribution >= 4 is 40.3 Å². The number of hydrogen-bond acceptors (Lipinski definition) is 4. The number of nitrogens with zero attached hydrogens (tertiary/aromatic N) is 2. The van der Waals surface area contributed by atoms with Gasteiger partial charge in [-0.05, 0) is 30.2 Å². The SMILES string of the molecule is O=C1/C(=C\c2ccccn2)SC(=S)N1CCc1ccccc1. The van der Waals surface area contributed by atoms with Crippen LogP contribution in [0.3, 0.4) is 0 Å². The molecule has 0 radical (unpaired) electrons. The summed E-state index contributed by atoms with van der Waals surface area (Å²) in [6.07, 6.45) is 4.30. The third-order valence-corrected chi connectivity index (χ3v) is 4.69. The van der Waals surface area contributed by atoms with Crippen molar-refractivity contribution in [2.75, 3.05) is 6.54 Å². The molecule has 0 unspecified atom stereocenters. The summed E-state index contributed by atoms with van der Waals surface area (Å²) in [7, 11) is 0. The summed E-state index contributed by atoms with van der Waals surface area (Å²) in [5.74, 6) is -0.0309. The maximum absolute atomic E-state index is 12.5. The van der Waals surface area contributed by atoms with Crippen LogP contribution in [0.15, 0.2) is 59.6 Å². The van der Waals surface area contributed by atoms with Crippen LogP contribution in [0.25, 0.3) is 6.08 Å². The Labute approximate surface area is 139 Å². The number of rotatable bonds is 4. The molecule has 3 rings (SSSR count). The molecule has 22 heavy (non-hydrogen) atoms. The zero-order valence-corrected chi connectivity index (χ0v) is 13.4. The van der Waals surface area contributed by atoms with E-state index >= 15 is 0 Å². The van der Waals surface area contributed by atoms with Crippen molar-refractivity contribution in [2.24, 2.45) is 0 Å². The van der Waals surface area contributed by atoms with E-state index in [0.29, 0.717) is 15.8 Å². The van der Waals surface area contributed by atoms with Crippen molar-refractivity contribution in [3.8, 4) is 0 Å². The number of carbonyl (C=O) groups is 1. The summed E-state index contributed by atoms with van der Waals surface area (Å²) in [4.78, 5) is 19.0. The fraction of sp³-hybridized carbons (Fsp3) is 0.118. The van der Waals surface area contributed by atoms with Crippen LogP contribution in [0.1, 0.15) is 11.3 Å². The Hall–Kier alpha value is -1.98. The van der Waals surface area contributed by atoms with E-state index in [0.717, 1.165) is 12.1 Å². The molecule has 0 saturated carbocycles. The Balaban J connectivity index is 1.71. The number of thioether (sulfide) groups is 1. The van der Waals surface area contributed by atoms with E-state index in [-0.39, 0.29) is 5.91 Å². The summed E-state index contributed by atoms with van der Waals surface area (Å²) in [6.45, 7) is 0.605. The van der Waals surface area contributed by atoms with E-state index < -0.39 is 0 Å².